The summed E-state index contributed by atoms with van der Waals surface area (Å²) in [6.07, 6.45) is 1.88. The fourth-order valence-corrected chi connectivity index (χ4v) is 15.2. The van der Waals surface area contributed by atoms with Crippen LogP contribution in [0, 0.1) is 16.7 Å². The highest BCUT2D eigenvalue weighted by atomic mass is 32.2. The summed E-state index contributed by atoms with van der Waals surface area (Å²) in [4.78, 5) is 16.7. The minimum absolute atomic E-state index is 0.0248. The monoisotopic (exact) mass is 873 g/mol. The van der Waals surface area contributed by atoms with E-state index in [-0.39, 0.29) is 28.0 Å². The zero-order valence-electron chi connectivity index (χ0n) is 42.0. The summed E-state index contributed by atoms with van der Waals surface area (Å²) in [5.74, 6) is 3.80. The molecule has 0 N–H and O–H groups in total. The molecule has 2 saturated carbocycles. The van der Waals surface area contributed by atoms with E-state index >= 15 is 0 Å². The largest absolute Gasteiger partial charge is 0.748 e. The predicted molar refractivity (Wildman–Crippen MR) is 261 cm³/mol. The Kier molecular flexibility index (Phi) is 16.3. The van der Waals surface area contributed by atoms with E-state index < -0.39 is 21.3 Å². The van der Waals surface area contributed by atoms with Gasteiger partial charge in [-0.1, -0.05) is 175 Å². The predicted octanol–water partition coefficient (Wildman–Crippen LogP) is 15.8. The summed E-state index contributed by atoms with van der Waals surface area (Å²) < 4.78 is 32.7. The summed E-state index contributed by atoms with van der Waals surface area (Å²) >= 11 is 0. The van der Waals surface area contributed by atoms with E-state index in [0.717, 1.165) is 6.42 Å². The first kappa shape index (κ1) is 51.2. The smallest absolute Gasteiger partial charge is 0.173 e. The average Bonchev–Trinajstić information content (AvgIpc) is 3.47. The molecule has 3 aromatic rings. The highest BCUT2D eigenvalue weighted by Gasteiger charge is 2.64. The van der Waals surface area contributed by atoms with Gasteiger partial charge in [0.15, 0.2) is 14.7 Å². The van der Waals surface area contributed by atoms with Gasteiger partial charge in [-0.15, -0.1) is 0 Å². The highest BCUT2D eigenvalue weighted by molar-refractivity contribution is 7.97. The molecule has 0 saturated heterocycles. The van der Waals surface area contributed by atoms with Crippen molar-refractivity contribution in [2.45, 2.75) is 226 Å². The van der Waals surface area contributed by atoms with E-state index in [2.05, 4.69) is 161 Å². The van der Waals surface area contributed by atoms with Gasteiger partial charge in [-0.2, -0.15) is 0 Å². The molecule has 3 aromatic carbocycles. The Labute approximate surface area is 377 Å². The number of Topliss-reactive ketones (excluding diaryl/α,β-unsaturated/α-hetero) is 1. The van der Waals surface area contributed by atoms with Crippen LogP contribution in [-0.2, 0) is 25.8 Å². The lowest BCUT2D eigenvalue weighted by Crippen LogP contribution is -2.42. The van der Waals surface area contributed by atoms with E-state index in [4.69, 9.17) is 0 Å². The first-order chi connectivity index (χ1) is 28.0. The van der Waals surface area contributed by atoms with Crippen LogP contribution in [0.3, 0.4) is 0 Å². The van der Waals surface area contributed by atoms with E-state index in [9.17, 15) is 17.8 Å². The van der Waals surface area contributed by atoms with Gasteiger partial charge in [-0.05, 0) is 94.1 Å². The Hall–Kier alpha value is -2.41. The lowest BCUT2D eigenvalue weighted by Gasteiger charge is -2.37. The second-order valence-corrected chi connectivity index (χ2v) is 25.4. The maximum absolute atomic E-state index is 11.8. The Bertz CT molecular complexity index is 1880. The topological polar surface area (TPSA) is 74.3 Å². The van der Waals surface area contributed by atoms with Gasteiger partial charge >= 0.3 is 0 Å². The van der Waals surface area contributed by atoms with Crippen LogP contribution >= 0.6 is 0 Å². The van der Waals surface area contributed by atoms with E-state index in [1.165, 1.54) is 16.7 Å². The summed E-state index contributed by atoms with van der Waals surface area (Å²) in [5.41, 5.74) is 12.5. The van der Waals surface area contributed by atoms with Gasteiger partial charge < -0.3 is 4.55 Å². The fraction of sp³-hybridized carbons (Fsp3) is 0.655. The number of hydrogen-bond acceptors (Lipinski definition) is 4. The van der Waals surface area contributed by atoms with Gasteiger partial charge in [0.05, 0.1) is 15.9 Å². The van der Waals surface area contributed by atoms with Crippen molar-refractivity contribution >= 4 is 26.8 Å². The molecule has 61 heavy (non-hydrogen) atoms. The molecule has 5 rings (SSSR count). The molecule has 340 valence electrons. The van der Waals surface area contributed by atoms with Gasteiger partial charge in [-0.3, -0.25) is 4.79 Å². The maximum Gasteiger partial charge on any atom is 0.173 e. The van der Waals surface area contributed by atoms with Crippen molar-refractivity contribution in [1.29, 1.82) is 0 Å². The number of benzene rings is 3. The lowest BCUT2D eigenvalue weighted by molar-refractivity contribution is -0.128. The third kappa shape index (κ3) is 10.4. The van der Waals surface area contributed by atoms with Crippen LogP contribution < -0.4 is 0 Å². The van der Waals surface area contributed by atoms with Crippen LogP contribution in [0.2, 0.25) is 0 Å². The number of carbonyl (C=O) groups excluding carboxylic acids is 1. The Morgan fingerprint density at radius 2 is 0.787 bits per heavy atom. The number of carbonyl (C=O) groups is 1. The summed E-state index contributed by atoms with van der Waals surface area (Å²) in [6, 6.07) is 15.6. The fourth-order valence-electron chi connectivity index (χ4n) is 10.1. The van der Waals surface area contributed by atoms with E-state index in [1.54, 1.807) is 48.1 Å². The standard InChI is InChI=1S/C45H69S.C10H16O4S/c1-25(2)34-19-37(28(7)8)43(38(20-34)29(9)10)46(44-39(30(11)12)21-35(26(3)4)22-40(44)31(13)14)45-41(32(15)16)23-36(27(5)6)24-42(45)33(17)18;1-9(2)7-3-4-10(9,8(11)5-7)6-15(12,13)14/h19-33H,1-18H3;7H,3-6H2,1-2H3,(H,12,13,14)/q+1;/p-1. The minimum atomic E-state index is -4.33. The van der Waals surface area contributed by atoms with Crippen molar-refractivity contribution in [1.82, 2.24) is 0 Å². The van der Waals surface area contributed by atoms with Crippen LogP contribution in [0.25, 0.3) is 0 Å². The summed E-state index contributed by atoms with van der Waals surface area (Å²) in [6.45, 7) is 47.1. The van der Waals surface area contributed by atoms with Crippen LogP contribution in [0.15, 0.2) is 51.1 Å². The van der Waals surface area contributed by atoms with Crippen molar-refractivity contribution in [3.05, 3.63) is 86.5 Å². The van der Waals surface area contributed by atoms with Gasteiger partial charge in [-0.25, -0.2) is 8.42 Å². The molecule has 2 atom stereocenters. The normalized spacial score (nSPS) is 19.1. The third-order valence-corrected chi connectivity index (χ3v) is 17.9. The molecule has 4 nitrogen and oxygen atoms in total. The quantitative estimate of drug-likeness (QED) is 0.119. The third-order valence-electron chi connectivity index (χ3n) is 14.4. The first-order valence-corrected chi connectivity index (χ1v) is 26.5. The van der Waals surface area contributed by atoms with Crippen molar-refractivity contribution in [3.63, 3.8) is 0 Å². The van der Waals surface area contributed by atoms with Gasteiger partial charge in [0.1, 0.15) is 16.7 Å². The molecular formula is C55H84O4S2. The first-order valence-electron chi connectivity index (χ1n) is 23.7. The van der Waals surface area contributed by atoms with Gasteiger partial charge in [0, 0.05) is 45.2 Å². The van der Waals surface area contributed by atoms with Crippen LogP contribution in [0.4, 0.5) is 0 Å². The van der Waals surface area contributed by atoms with Crippen LogP contribution in [0.1, 0.15) is 261 Å². The van der Waals surface area contributed by atoms with Crippen molar-refractivity contribution in [2.24, 2.45) is 16.7 Å². The molecule has 0 heterocycles. The molecule has 2 fully saturated rings. The molecule has 0 radical (unpaired) electrons. The zero-order valence-corrected chi connectivity index (χ0v) is 43.6. The van der Waals surface area contributed by atoms with Crippen molar-refractivity contribution < 1.29 is 17.8 Å². The Morgan fingerprint density at radius 1 is 0.525 bits per heavy atom. The molecule has 0 aromatic heterocycles. The molecule has 0 aliphatic heterocycles. The molecular weight excluding hydrogens is 789 g/mol. The maximum atomic E-state index is 11.8. The molecule has 2 bridgehead atoms. The van der Waals surface area contributed by atoms with Gasteiger partial charge in [0.25, 0.3) is 0 Å². The second-order valence-electron chi connectivity index (χ2n) is 22.2. The average molecular weight is 873 g/mol. The molecule has 0 amide bonds. The van der Waals surface area contributed by atoms with Crippen molar-refractivity contribution in [3.8, 4) is 0 Å². The van der Waals surface area contributed by atoms with Crippen LogP contribution in [-0.4, -0.2) is 24.5 Å². The second kappa shape index (κ2) is 19.4. The number of ketones is 1. The minimum Gasteiger partial charge on any atom is -0.748 e. The SMILES string of the molecule is CC(C)c1cc(C(C)C)c([S+](c2c(C(C)C)cc(C(C)C)cc2C(C)C)c2c(C(C)C)cc(C(C)C)cc2C(C)C)c(C(C)C)c1.CC1(C)C2CCC1(CS(=O)(=O)[O-])C(=O)C2. The lowest BCUT2D eigenvalue weighted by atomic mass is 9.70. The zero-order chi connectivity index (χ0) is 46.4. The van der Waals surface area contributed by atoms with E-state index in [1.807, 2.05) is 13.8 Å². The summed E-state index contributed by atoms with van der Waals surface area (Å²) in [7, 11) is -4.60. The van der Waals surface area contributed by atoms with Crippen LogP contribution in [0.5, 0.6) is 0 Å². The van der Waals surface area contributed by atoms with Crippen molar-refractivity contribution in [2.75, 3.05) is 5.75 Å². The molecule has 6 heteroatoms. The van der Waals surface area contributed by atoms with Gasteiger partial charge in [0.2, 0.25) is 0 Å². The molecule has 2 aliphatic rings. The number of fused-ring (bicyclic) bond motifs is 2. The number of rotatable bonds is 14. The number of hydrogen-bond donors (Lipinski definition) is 0. The summed E-state index contributed by atoms with van der Waals surface area (Å²) in [5, 5.41) is 0. The molecule has 2 unspecified atom stereocenters. The Balaban J connectivity index is 0.000000454. The van der Waals surface area contributed by atoms with E-state index in [0.29, 0.717) is 66.1 Å². The molecule has 0 spiro atoms. The molecule has 2 aliphatic carbocycles. The highest BCUT2D eigenvalue weighted by Crippen LogP contribution is 2.64. The Morgan fingerprint density at radius 3 is 0.951 bits per heavy atom.